The molecule has 0 saturated carbocycles. The predicted molar refractivity (Wildman–Crippen MR) is 139 cm³/mol. The number of halogens is 1. The molecule has 1 saturated heterocycles. The molecule has 1 fully saturated rings. The van der Waals surface area contributed by atoms with Crippen LogP contribution < -0.4 is 9.80 Å². The standard InChI is InChI=1S/C26H25N5O4.ClH/c1-18-6-8-19(9-7-18)28-12-14-29(15-13-28)25(32)16-23-21-4-2-3-5-22(21)26(33)30(23)24-11-10-20(17-27-24)31(34)35;/h2-11,17,23H,12-16H2,1H3;1H. The molecule has 2 aromatic carbocycles. The van der Waals surface area contributed by atoms with Crippen LogP contribution in [0.15, 0.2) is 66.9 Å². The third kappa shape index (κ3) is 4.74. The van der Waals surface area contributed by atoms with Crippen LogP contribution in [0.2, 0.25) is 0 Å². The Morgan fingerprint density at radius 1 is 1.03 bits per heavy atom. The summed E-state index contributed by atoms with van der Waals surface area (Å²) in [7, 11) is 0. The number of benzene rings is 2. The van der Waals surface area contributed by atoms with Crippen molar-refractivity contribution in [3.63, 3.8) is 0 Å². The number of nitro groups is 1. The van der Waals surface area contributed by atoms with E-state index in [0.29, 0.717) is 24.5 Å². The maximum Gasteiger partial charge on any atom is 0.287 e. The maximum absolute atomic E-state index is 13.3. The fourth-order valence-corrected chi connectivity index (χ4v) is 4.75. The molecule has 0 N–H and O–H groups in total. The van der Waals surface area contributed by atoms with Gasteiger partial charge in [-0.05, 0) is 36.8 Å². The molecule has 0 spiro atoms. The van der Waals surface area contributed by atoms with Crippen molar-refractivity contribution in [2.45, 2.75) is 19.4 Å². The Morgan fingerprint density at radius 3 is 2.36 bits per heavy atom. The highest BCUT2D eigenvalue weighted by atomic mass is 35.5. The largest absolute Gasteiger partial charge is 0.368 e. The number of hydrogen-bond donors (Lipinski definition) is 0. The van der Waals surface area contributed by atoms with Crippen LogP contribution in [-0.4, -0.2) is 52.8 Å². The summed E-state index contributed by atoms with van der Waals surface area (Å²) in [6, 6.07) is 17.9. The van der Waals surface area contributed by atoms with Crippen molar-refractivity contribution < 1.29 is 14.5 Å². The van der Waals surface area contributed by atoms with Gasteiger partial charge in [-0.25, -0.2) is 4.98 Å². The van der Waals surface area contributed by atoms with E-state index in [-0.39, 0.29) is 36.3 Å². The highest BCUT2D eigenvalue weighted by molar-refractivity contribution is 6.11. The number of aromatic nitrogens is 1. The fraction of sp³-hybridized carbons (Fsp3) is 0.269. The number of carbonyl (C=O) groups excluding carboxylic acids is 2. The van der Waals surface area contributed by atoms with Gasteiger partial charge in [-0.2, -0.15) is 0 Å². The molecule has 9 nitrogen and oxygen atoms in total. The Balaban J connectivity index is 0.00000304. The van der Waals surface area contributed by atoms with Gasteiger partial charge >= 0.3 is 0 Å². The first kappa shape index (κ1) is 25.1. The molecule has 36 heavy (non-hydrogen) atoms. The van der Waals surface area contributed by atoms with E-state index in [0.717, 1.165) is 30.5 Å². The molecule has 3 heterocycles. The Hall–Kier alpha value is -3.98. The lowest BCUT2D eigenvalue weighted by molar-refractivity contribution is -0.385. The molecule has 1 unspecified atom stereocenters. The number of fused-ring (bicyclic) bond motifs is 1. The minimum Gasteiger partial charge on any atom is -0.368 e. The lowest BCUT2D eigenvalue weighted by Gasteiger charge is -2.37. The van der Waals surface area contributed by atoms with Crippen molar-refractivity contribution in [1.29, 1.82) is 0 Å². The quantitative estimate of drug-likeness (QED) is 0.380. The van der Waals surface area contributed by atoms with Gasteiger partial charge < -0.3 is 9.80 Å². The minimum atomic E-state index is -0.533. The summed E-state index contributed by atoms with van der Waals surface area (Å²) in [5, 5.41) is 11.0. The number of aryl methyl sites for hydroxylation is 1. The zero-order valence-electron chi connectivity index (χ0n) is 19.7. The SMILES string of the molecule is Cc1ccc(N2CCN(C(=O)CC3c4ccccc4C(=O)N3c3ccc([N+](=O)[O-])cn3)CC2)cc1.Cl. The second-order valence-electron chi connectivity index (χ2n) is 8.82. The molecule has 1 aromatic heterocycles. The van der Waals surface area contributed by atoms with Gasteiger partial charge in [0.25, 0.3) is 11.6 Å². The summed E-state index contributed by atoms with van der Waals surface area (Å²) in [4.78, 5) is 46.8. The summed E-state index contributed by atoms with van der Waals surface area (Å²) in [6.45, 7) is 4.74. The van der Waals surface area contributed by atoms with Crippen LogP contribution in [0.3, 0.4) is 0 Å². The van der Waals surface area contributed by atoms with Gasteiger partial charge in [0, 0.05) is 43.5 Å². The molecule has 2 aliphatic heterocycles. The number of pyridine rings is 1. The lowest BCUT2D eigenvalue weighted by Crippen LogP contribution is -2.49. The van der Waals surface area contributed by atoms with E-state index in [1.807, 2.05) is 17.0 Å². The van der Waals surface area contributed by atoms with Crippen molar-refractivity contribution in [1.82, 2.24) is 9.88 Å². The predicted octanol–water partition coefficient (Wildman–Crippen LogP) is 4.16. The van der Waals surface area contributed by atoms with Crippen molar-refractivity contribution in [3.05, 3.63) is 93.7 Å². The zero-order chi connectivity index (χ0) is 24.5. The highest BCUT2D eigenvalue weighted by Gasteiger charge is 2.40. The number of nitrogens with zero attached hydrogens (tertiary/aromatic N) is 5. The van der Waals surface area contributed by atoms with E-state index in [1.165, 1.54) is 22.6 Å². The first-order valence-corrected chi connectivity index (χ1v) is 11.5. The Bertz CT molecular complexity index is 1270. The number of hydrogen-bond acceptors (Lipinski definition) is 6. The van der Waals surface area contributed by atoms with Gasteiger partial charge in [-0.15, -0.1) is 12.4 Å². The van der Waals surface area contributed by atoms with Gasteiger partial charge in [-0.1, -0.05) is 35.9 Å². The van der Waals surface area contributed by atoms with E-state index in [4.69, 9.17) is 0 Å². The molecular formula is C26H26ClN5O4. The van der Waals surface area contributed by atoms with E-state index in [2.05, 4.69) is 41.1 Å². The maximum atomic E-state index is 13.3. The molecule has 1 atom stereocenters. The minimum absolute atomic E-state index is 0. The van der Waals surface area contributed by atoms with E-state index >= 15 is 0 Å². The molecule has 0 radical (unpaired) electrons. The van der Waals surface area contributed by atoms with Gasteiger partial charge in [0.1, 0.15) is 12.0 Å². The van der Waals surface area contributed by atoms with Crippen molar-refractivity contribution in [2.24, 2.45) is 0 Å². The third-order valence-electron chi connectivity index (χ3n) is 6.67. The Kier molecular flexibility index (Phi) is 7.21. The smallest absolute Gasteiger partial charge is 0.287 e. The van der Waals surface area contributed by atoms with Gasteiger partial charge in [-0.3, -0.25) is 24.6 Å². The van der Waals surface area contributed by atoms with Crippen LogP contribution in [0, 0.1) is 17.0 Å². The van der Waals surface area contributed by atoms with Gasteiger partial charge in [0.05, 0.1) is 17.4 Å². The van der Waals surface area contributed by atoms with Crippen molar-refractivity contribution >= 4 is 41.4 Å². The Labute approximate surface area is 214 Å². The van der Waals surface area contributed by atoms with Crippen LogP contribution in [-0.2, 0) is 4.79 Å². The van der Waals surface area contributed by atoms with Gasteiger partial charge in [0.2, 0.25) is 5.91 Å². The summed E-state index contributed by atoms with van der Waals surface area (Å²) in [6.07, 6.45) is 1.25. The monoisotopic (exact) mass is 507 g/mol. The second-order valence-corrected chi connectivity index (χ2v) is 8.82. The summed E-state index contributed by atoms with van der Waals surface area (Å²) < 4.78 is 0. The average Bonchev–Trinajstić information content (AvgIpc) is 3.16. The van der Waals surface area contributed by atoms with Crippen LogP contribution in [0.25, 0.3) is 0 Å². The van der Waals surface area contributed by atoms with E-state index in [9.17, 15) is 19.7 Å². The molecular weight excluding hydrogens is 482 g/mol. The molecule has 5 rings (SSSR count). The van der Waals surface area contributed by atoms with Crippen LogP contribution in [0.5, 0.6) is 0 Å². The first-order chi connectivity index (χ1) is 16.9. The highest BCUT2D eigenvalue weighted by Crippen LogP contribution is 2.39. The second kappa shape index (κ2) is 10.3. The van der Waals surface area contributed by atoms with E-state index < -0.39 is 11.0 Å². The van der Waals surface area contributed by atoms with Gasteiger partial charge in [0.15, 0.2) is 0 Å². The zero-order valence-corrected chi connectivity index (χ0v) is 20.6. The molecule has 2 amide bonds. The first-order valence-electron chi connectivity index (χ1n) is 11.5. The van der Waals surface area contributed by atoms with Crippen LogP contribution in [0.1, 0.15) is 33.9 Å². The van der Waals surface area contributed by atoms with Crippen molar-refractivity contribution in [3.8, 4) is 0 Å². The third-order valence-corrected chi connectivity index (χ3v) is 6.67. The molecule has 0 bridgehead atoms. The number of carbonyl (C=O) groups is 2. The molecule has 2 aliphatic rings. The fourth-order valence-electron chi connectivity index (χ4n) is 4.75. The topological polar surface area (TPSA) is 99.9 Å². The summed E-state index contributed by atoms with van der Waals surface area (Å²) in [5.41, 5.74) is 3.49. The normalized spacial score (nSPS) is 17.0. The number of amides is 2. The average molecular weight is 508 g/mol. The molecule has 10 heteroatoms. The molecule has 0 aliphatic carbocycles. The molecule has 186 valence electrons. The van der Waals surface area contributed by atoms with Crippen molar-refractivity contribution in [2.75, 3.05) is 36.0 Å². The summed E-state index contributed by atoms with van der Waals surface area (Å²) in [5.74, 6) is -0.00213. The number of rotatable bonds is 5. The number of piperazine rings is 1. The Morgan fingerprint density at radius 2 is 1.72 bits per heavy atom. The lowest BCUT2D eigenvalue weighted by atomic mass is 10.0. The summed E-state index contributed by atoms with van der Waals surface area (Å²) >= 11 is 0. The van der Waals surface area contributed by atoms with E-state index in [1.54, 1.807) is 12.1 Å². The molecule has 3 aromatic rings. The van der Waals surface area contributed by atoms with Crippen LogP contribution >= 0.6 is 12.4 Å². The van der Waals surface area contributed by atoms with Crippen LogP contribution in [0.4, 0.5) is 17.2 Å². The number of anilines is 2.